The summed E-state index contributed by atoms with van der Waals surface area (Å²) in [7, 11) is 1.44. The van der Waals surface area contributed by atoms with Gasteiger partial charge in [-0.05, 0) is 30.3 Å². The Morgan fingerprint density at radius 2 is 1.71 bits per heavy atom. The maximum atomic E-state index is 12.4. The van der Waals surface area contributed by atoms with E-state index in [1.807, 2.05) is 0 Å². The number of Topliss-reactive ketones (excluding diaryl/α,β-unsaturated/α-hetero) is 1. The number of benzene rings is 2. The number of carbonyl (C=O) groups excluding carboxylic acids is 3. The van der Waals surface area contributed by atoms with Crippen molar-refractivity contribution in [1.82, 2.24) is 0 Å². The van der Waals surface area contributed by atoms with E-state index in [2.05, 4.69) is 10.6 Å². The Labute approximate surface area is 143 Å². The average molecular weight is 347 g/mol. The lowest BCUT2D eigenvalue weighted by molar-refractivity contribution is -0.114. The van der Waals surface area contributed by atoms with Crippen molar-refractivity contribution in [2.75, 3.05) is 17.7 Å². The zero-order valence-corrected chi connectivity index (χ0v) is 13.8. The first-order valence-corrected chi connectivity index (χ1v) is 7.36. The van der Waals surface area contributed by atoms with Crippen molar-refractivity contribution in [3.05, 3.63) is 53.1 Å². The molecule has 6 nitrogen and oxygen atoms in total. The normalized spacial score (nSPS) is 9.96. The summed E-state index contributed by atoms with van der Waals surface area (Å²) in [5.74, 6) is -1.63. The number of halogens is 1. The fourth-order valence-electron chi connectivity index (χ4n) is 2.06. The number of ketones is 1. The van der Waals surface area contributed by atoms with Crippen LogP contribution in [0.1, 0.15) is 17.3 Å². The largest absolute Gasteiger partial charge is 0.495 e. The fourth-order valence-corrected chi connectivity index (χ4v) is 2.23. The molecule has 0 aliphatic heterocycles. The quantitative estimate of drug-likeness (QED) is 0.643. The zero-order chi connectivity index (χ0) is 17.7. The molecule has 0 saturated heterocycles. The SMILES string of the molecule is COc1ccc(Cl)cc1NC(=O)C(=O)c1ccccc1NC(C)=O. The van der Waals surface area contributed by atoms with Gasteiger partial charge in [-0.2, -0.15) is 0 Å². The number of ether oxygens (including phenoxy) is 1. The van der Waals surface area contributed by atoms with E-state index in [4.69, 9.17) is 16.3 Å². The highest BCUT2D eigenvalue weighted by molar-refractivity contribution is 6.47. The maximum Gasteiger partial charge on any atom is 0.296 e. The number of nitrogens with one attached hydrogen (secondary N) is 2. The second kappa shape index (κ2) is 7.61. The van der Waals surface area contributed by atoms with Gasteiger partial charge < -0.3 is 15.4 Å². The van der Waals surface area contributed by atoms with Gasteiger partial charge in [0, 0.05) is 11.9 Å². The highest BCUT2D eigenvalue weighted by Crippen LogP contribution is 2.28. The van der Waals surface area contributed by atoms with Crippen molar-refractivity contribution in [2.24, 2.45) is 0 Å². The van der Waals surface area contributed by atoms with Gasteiger partial charge in [-0.3, -0.25) is 14.4 Å². The third-order valence-electron chi connectivity index (χ3n) is 3.10. The molecule has 2 aromatic carbocycles. The number of rotatable bonds is 5. The lowest BCUT2D eigenvalue weighted by Crippen LogP contribution is -2.24. The molecule has 0 saturated carbocycles. The molecule has 0 bridgehead atoms. The Morgan fingerprint density at radius 1 is 1.00 bits per heavy atom. The van der Waals surface area contributed by atoms with Crippen LogP contribution in [0.15, 0.2) is 42.5 Å². The number of para-hydroxylation sites is 1. The lowest BCUT2D eigenvalue weighted by atomic mass is 10.1. The number of amides is 2. The summed E-state index contributed by atoms with van der Waals surface area (Å²) in [5, 5.41) is 5.38. The summed E-state index contributed by atoms with van der Waals surface area (Å²) >= 11 is 5.90. The standard InChI is InChI=1S/C17H15ClN2O4/c1-10(21)19-13-6-4-3-5-12(13)16(22)17(23)20-14-9-11(18)7-8-15(14)24-2/h3-9H,1-2H3,(H,19,21)(H,20,23). The first-order valence-electron chi connectivity index (χ1n) is 6.98. The van der Waals surface area contributed by atoms with Gasteiger partial charge >= 0.3 is 0 Å². The Balaban J connectivity index is 2.27. The van der Waals surface area contributed by atoms with Crippen LogP contribution in [0, 0.1) is 0 Å². The number of carbonyl (C=O) groups is 3. The van der Waals surface area contributed by atoms with Crippen LogP contribution < -0.4 is 15.4 Å². The van der Waals surface area contributed by atoms with Gasteiger partial charge in [-0.25, -0.2) is 0 Å². The van der Waals surface area contributed by atoms with E-state index in [1.165, 1.54) is 26.2 Å². The third-order valence-corrected chi connectivity index (χ3v) is 3.33. The van der Waals surface area contributed by atoms with Gasteiger partial charge in [0.25, 0.3) is 11.7 Å². The molecule has 0 spiro atoms. The van der Waals surface area contributed by atoms with Gasteiger partial charge in [0.2, 0.25) is 5.91 Å². The lowest BCUT2D eigenvalue weighted by Gasteiger charge is -2.11. The minimum absolute atomic E-state index is 0.0891. The molecular weight excluding hydrogens is 332 g/mol. The van der Waals surface area contributed by atoms with Crippen LogP contribution >= 0.6 is 11.6 Å². The van der Waals surface area contributed by atoms with E-state index >= 15 is 0 Å². The summed E-state index contributed by atoms with van der Waals surface area (Å²) in [6.07, 6.45) is 0. The molecule has 7 heteroatoms. The highest BCUT2D eigenvalue weighted by Gasteiger charge is 2.21. The molecule has 0 aromatic heterocycles. The van der Waals surface area contributed by atoms with Crippen LogP contribution in [0.2, 0.25) is 5.02 Å². The van der Waals surface area contributed by atoms with Crippen LogP contribution in [0.4, 0.5) is 11.4 Å². The Hall–Kier alpha value is -2.86. The minimum atomic E-state index is -0.867. The monoisotopic (exact) mass is 346 g/mol. The Kier molecular flexibility index (Phi) is 5.55. The molecule has 2 amide bonds. The van der Waals surface area contributed by atoms with Gasteiger partial charge in [0.05, 0.1) is 24.0 Å². The van der Waals surface area contributed by atoms with Crippen LogP contribution in [-0.4, -0.2) is 24.7 Å². The topological polar surface area (TPSA) is 84.5 Å². The van der Waals surface area contributed by atoms with Gasteiger partial charge in [-0.1, -0.05) is 23.7 Å². The fraction of sp³-hybridized carbons (Fsp3) is 0.118. The second-order valence-electron chi connectivity index (χ2n) is 4.85. The van der Waals surface area contributed by atoms with E-state index in [-0.39, 0.29) is 22.8 Å². The smallest absolute Gasteiger partial charge is 0.296 e. The summed E-state index contributed by atoms with van der Waals surface area (Å²) in [6.45, 7) is 1.32. The van der Waals surface area contributed by atoms with Gasteiger partial charge in [0.1, 0.15) is 5.75 Å². The maximum absolute atomic E-state index is 12.4. The molecule has 0 atom stereocenters. The third kappa shape index (κ3) is 4.11. The van der Waals surface area contributed by atoms with E-state index in [1.54, 1.807) is 30.3 Å². The summed E-state index contributed by atoms with van der Waals surface area (Å²) in [6, 6.07) is 10.9. The van der Waals surface area contributed by atoms with E-state index < -0.39 is 11.7 Å². The molecule has 2 rings (SSSR count). The number of hydrogen-bond acceptors (Lipinski definition) is 4. The van der Waals surface area contributed by atoms with Crippen LogP contribution in [0.25, 0.3) is 0 Å². The first-order chi connectivity index (χ1) is 11.4. The van der Waals surface area contributed by atoms with Crippen molar-refractivity contribution in [3.63, 3.8) is 0 Å². The predicted molar refractivity (Wildman–Crippen MR) is 91.7 cm³/mol. The Bertz CT molecular complexity index is 805. The van der Waals surface area contributed by atoms with Gasteiger partial charge in [0.15, 0.2) is 0 Å². The zero-order valence-electron chi connectivity index (χ0n) is 13.1. The molecule has 0 unspecified atom stereocenters. The molecule has 0 radical (unpaired) electrons. The van der Waals surface area contributed by atoms with E-state index in [0.717, 1.165) is 0 Å². The number of anilines is 2. The molecule has 0 aliphatic carbocycles. The first kappa shape index (κ1) is 17.5. The van der Waals surface area contributed by atoms with E-state index in [0.29, 0.717) is 10.8 Å². The van der Waals surface area contributed by atoms with Crippen molar-refractivity contribution in [3.8, 4) is 5.75 Å². The molecule has 24 heavy (non-hydrogen) atoms. The van der Waals surface area contributed by atoms with Crippen molar-refractivity contribution in [2.45, 2.75) is 6.92 Å². The molecule has 124 valence electrons. The summed E-state index contributed by atoms with van der Waals surface area (Å²) in [5.41, 5.74) is 0.634. The molecule has 2 aromatic rings. The molecule has 0 aliphatic rings. The molecule has 0 heterocycles. The van der Waals surface area contributed by atoms with Crippen molar-refractivity contribution in [1.29, 1.82) is 0 Å². The van der Waals surface area contributed by atoms with Crippen LogP contribution in [0.5, 0.6) is 5.75 Å². The van der Waals surface area contributed by atoms with Gasteiger partial charge in [-0.15, -0.1) is 0 Å². The van der Waals surface area contributed by atoms with Crippen molar-refractivity contribution < 1.29 is 19.1 Å². The van der Waals surface area contributed by atoms with Crippen LogP contribution in [0.3, 0.4) is 0 Å². The molecule has 2 N–H and O–H groups in total. The Morgan fingerprint density at radius 3 is 2.38 bits per heavy atom. The number of hydrogen-bond donors (Lipinski definition) is 2. The average Bonchev–Trinajstić information content (AvgIpc) is 2.54. The predicted octanol–water partition coefficient (Wildman–Crippen LogP) is 3.13. The van der Waals surface area contributed by atoms with Crippen molar-refractivity contribution >= 4 is 40.6 Å². The molecule has 0 fully saturated rings. The number of methoxy groups -OCH3 is 1. The second-order valence-corrected chi connectivity index (χ2v) is 5.29. The van der Waals surface area contributed by atoms with Crippen LogP contribution in [-0.2, 0) is 9.59 Å². The summed E-state index contributed by atoms with van der Waals surface area (Å²) in [4.78, 5) is 35.9. The summed E-state index contributed by atoms with van der Waals surface area (Å²) < 4.78 is 5.12. The minimum Gasteiger partial charge on any atom is -0.495 e. The molecular formula is C17H15ClN2O4. The van der Waals surface area contributed by atoms with E-state index in [9.17, 15) is 14.4 Å². The highest BCUT2D eigenvalue weighted by atomic mass is 35.5.